The summed E-state index contributed by atoms with van der Waals surface area (Å²) >= 11 is 0. The summed E-state index contributed by atoms with van der Waals surface area (Å²) in [6.07, 6.45) is 85.7. The molecule has 510 valence electrons. The minimum Gasteiger partial charge on any atom is -0.379 e. The lowest BCUT2D eigenvalue weighted by Crippen LogP contribution is -2.30. The van der Waals surface area contributed by atoms with E-state index in [1.165, 1.54) is 318 Å². The number of ether oxygens (including phenoxy) is 2. The van der Waals surface area contributed by atoms with Gasteiger partial charge in [0.25, 0.3) is 0 Å². The van der Waals surface area contributed by atoms with Crippen molar-refractivity contribution in [1.82, 2.24) is 0 Å². The van der Waals surface area contributed by atoms with E-state index in [-0.39, 0.29) is 19.6 Å². The number of carbonyl (C=O) groups is 1. The van der Waals surface area contributed by atoms with Crippen LogP contribution >= 0.6 is 0 Å². The Morgan fingerprint density at radius 3 is 1.04 bits per heavy atom. The van der Waals surface area contributed by atoms with Gasteiger partial charge in [-0.2, -0.15) is 0 Å². The first-order valence-corrected chi connectivity index (χ1v) is 41.7. The third-order valence-corrected chi connectivity index (χ3v) is 18.6. The van der Waals surface area contributed by atoms with Crippen molar-refractivity contribution >= 4 is 25.5 Å². The maximum atomic E-state index is 11.6. The van der Waals surface area contributed by atoms with E-state index in [4.69, 9.17) is 9.47 Å². The van der Waals surface area contributed by atoms with Gasteiger partial charge in [-0.05, 0) is 64.3 Å². The molecule has 1 aliphatic rings. The maximum absolute atomic E-state index is 11.6. The van der Waals surface area contributed by atoms with Crippen molar-refractivity contribution in [3.05, 3.63) is 36.5 Å². The van der Waals surface area contributed by atoms with Gasteiger partial charge in [0.1, 0.15) is 5.78 Å². The van der Waals surface area contributed by atoms with Crippen molar-refractivity contribution in [2.75, 3.05) is 14.2 Å². The van der Waals surface area contributed by atoms with E-state index < -0.39 is 0 Å². The molecule has 0 amide bonds. The third kappa shape index (κ3) is 99.3. The van der Waals surface area contributed by atoms with Crippen LogP contribution in [-0.2, 0) is 14.3 Å². The Hall–Kier alpha value is -1.20. The maximum Gasteiger partial charge on any atom is 0.132 e. The molecule has 5 heteroatoms. The van der Waals surface area contributed by atoms with Gasteiger partial charge in [-0.25, -0.2) is 0 Å². The molecule has 0 saturated heterocycles. The highest BCUT2D eigenvalue weighted by Crippen LogP contribution is 2.20. The van der Waals surface area contributed by atoms with Gasteiger partial charge < -0.3 is 9.47 Å². The lowest BCUT2D eigenvalue weighted by atomic mass is 9.99. The summed E-state index contributed by atoms with van der Waals surface area (Å²) in [5, 5.41) is 0. The summed E-state index contributed by atoms with van der Waals surface area (Å²) in [5.41, 5.74) is 0. The highest BCUT2D eigenvalue weighted by atomic mass is 28.2. The van der Waals surface area contributed by atoms with Crippen LogP contribution in [0.25, 0.3) is 0 Å². The molecule has 0 bridgehead atoms. The number of ketones is 1. The van der Waals surface area contributed by atoms with Crippen molar-refractivity contribution in [3.63, 3.8) is 0 Å². The second-order valence-electron chi connectivity index (χ2n) is 25.0. The van der Waals surface area contributed by atoms with Gasteiger partial charge in [0.15, 0.2) is 0 Å². The molecule has 2 unspecified atom stereocenters. The minimum absolute atomic E-state index is 0. The Morgan fingerprint density at radius 2 is 0.741 bits per heavy atom. The number of methoxy groups -OCH3 is 2. The molecule has 0 spiro atoms. The van der Waals surface area contributed by atoms with Crippen molar-refractivity contribution in [3.8, 4) is 11.8 Å². The molecule has 0 fully saturated rings. The average molecular weight is 1230 g/mol. The predicted molar refractivity (Wildman–Crippen MR) is 402 cm³/mol. The Bertz CT molecular complexity index is 1250. The van der Waals surface area contributed by atoms with Crippen LogP contribution in [0.4, 0.5) is 0 Å². The Labute approximate surface area is 546 Å². The molecule has 1 rings (SSSR count). The Balaban J connectivity index is -0.000000228. The van der Waals surface area contributed by atoms with E-state index >= 15 is 0 Å². The van der Waals surface area contributed by atoms with Crippen molar-refractivity contribution in [1.29, 1.82) is 0 Å². The summed E-state index contributed by atoms with van der Waals surface area (Å²) in [6, 6.07) is 4.44. The second kappa shape index (κ2) is 96.4. The van der Waals surface area contributed by atoms with Gasteiger partial charge in [-0.3, -0.25) is 4.79 Å². The van der Waals surface area contributed by atoms with Gasteiger partial charge in [-0.1, -0.05) is 387 Å². The fraction of sp³-hybridized carbons (Fsp3) is 0.887. The number of allylic oxidation sites excluding steroid dienone is 6. The van der Waals surface area contributed by atoms with Crippen molar-refractivity contribution in [2.24, 2.45) is 0 Å². The largest absolute Gasteiger partial charge is 0.379 e. The van der Waals surface area contributed by atoms with Crippen LogP contribution in [0.2, 0.25) is 18.1 Å². The summed E-state index contributed by atoms with van der Waals surface area (Å²) < 4.78 is 11.4. The van der Waals surface area contributed by atoms with Crippen LogP contribution < -0.4 is 0 Å². The van der Waals surface area contributed by atoms with Crippen LogP contribution in [-0.4, -0.2) is 52.0 Å². The number of unbranched alkanes of at least 4 members (excludes halogenated alkanes) is 42. The topological polar surface area (TPSA) is 35.5 Å². The first-order chi connectivity index (χ1) is 41.3. The monoisotopic (exact) mass is 1230 g/mol. The van der Waals surface area contributed by atoms with E-state index in [1.54, 1.807) is 6.04 Å². The number of carbonyl (C=O) groups excluding carboxylic acids is 1. The van der Waals surface area contributed by atoms with Crippen LogP contribution in [0, 0.1) is 11.8 Å². The molecule has 0 aromatic carbocycles. The van der Waals surface area contributed by atoms with E-state index in [9.17, 15) is 4.79 Å². The van der Waals surface area contributed by atoms with Gasteiger partial charge in [0, 0.05) is 53.2 Å². The zero-order valence-electron chi connectivity index (χ0n) is 60.4. The molecule has 0 aliphatic heterocycles. The molecule has 85 heavy (non-hydrogen) atoms. The summed E-state index contributed by atoms with van der Waals surface area (Å²) in [7, 11) is 5.38. The molecule has 3 nitrogen and oxygen atoms in total. The first-order valence-electron chi connectivity index (χ1n) is 38.3. The van der Waals surface area contributed by atoms with E-state index in [1.807, 2.05) is 21.1 Å². The fourth-order valence-corrected chi connectivity index (χ4v) is 12.1. The molecule has 0 heterocycles. The van der Waals surface area contributed by atoms with E-state index in [0.29, 0.717) is 15.3 Å². The van der Waals surface area contributed by atoms with Gasteiger partial charge in [-0.15, -0.1) is 11.8 Å². The second-order valence-corrected chi connectivity index (χ2v) is 28.2. The average Bonchev–Trinajstić information content (AvgIpc) is 4.13. The normalized spacial score (nSPS) is 11.9. The fourth-order valence-electron chi connectivity index (χ4n) is 10.6. The number of rotatable bonds is 58. The van der Waals surface area contributed by atoms with Gasteiger partial charge in [0.05, 0.1) is 12.2 Å². The SMILES string of the molecule is C.C1=CCC=C1.CC#CCCCCCCCCC.CCCCCCCCCC(OC)C(CCCCCCC)OC.CCCCCCCCCC=CC[SiH3].CCCCCCCCCCC(=O)CCCCCCC.CCCCCCCCCC[SiH2]CC. The number of hydrogen-bond donors (Lipinski definition) is 0. The third-order valence-electron chi connectivity index (χ3n) is 16.4. The number of hydrogen-bond acceptors (Lipinski definition) is 3. The predicted octanol–water partition coefficient (Wildman–Crippen LogP) is 26.9. The summed E-state index contributed by atoms with van der Waals surface area (Å²) in [4.78, 5) is 11.6. The molecule has 0 aromatic rings. The highest BCUT2D eigenvalue weighted by molar-refractivity contribution is 6.35. The van der Waals surface area contributed by atoms with Crippen LogP contribution in [0.15, 0.2) is 36.5 Å². The molecular weight excluding hydrogens is 1070 g/mol. The van der Waals surface area contributed by atoms with Crippen LogP contribution in [0.3, 0.4) is 0 Å². The Morgan fingerprint density at radius 1 is 0.435 bits per heavy atom. The smallest absolute Gasteiger partial charge is 0.132 e. The van der Waals surface area contributed by atoms with Crippen molar-refractivity contribution < 1.29 is 14.3 Å². The molecule has 0 aromatic heterocycles. The molecule has 2 atom stereocenters. The Kier molecular flexibility index (Phi) is 108. The zero-order valence-corrected chi connectivity index (χ0v) is 63.8. The van der Waals surface area contributed by atoms with Gasteiger partial charge >= 0.3 is 0 Å². The summed E-state index contributed by atoms with van der Waals surface area (Å²) in [5.74, 6) is 6.53. The van der Waals surface area contributed by atoms with Crippen molar-refractivity contribution in [2.45, 2.75) is 447 Å². The molecule has 0 saturated carbocycles. The molecule has 0 radical (unpaired) electrons. The minimum atomic E-state index is 0. The van der Waals surface area contributed by atoms with Crippen LogP contribution in [0.5, 0.6) is 0 Å². The molecule has 1 aliphatic carbocycles. The quantitative estimate of drug-likeness (QED) is 0.0263. The lowest BCUT2D eigenvalue weighted by Gasteiger charge is -2.25. The number of Topliss-reactive ketones (excluding diaryl/α,β-unsaturated/α-hetero) is 1. The van der Waals surface area contributed by atoms with Crippen LogP contribution in [0.1, 0.15) is 416 Å². The molecule has 0 N–H and O–H groups in total. The highest BCUT2D eigenvalue weighted by Gasteiger charge is 2.20. The molecular formula is C80H164O3Si2. The van der Waals surface area contributed by atoms with E-state index in [2.05, 4.69) is 104 Å². The first kappa shape index (κ1) is 94.9. The van der Waals surface area contributed by atoms with E-state index in [0.717, 1.165) is 51.4 Å². The zero-order chi connectivity index (χ0) is 62.8. The standard InChI is InChI=1S/C20H42O2.C18H36O.C12H28Si.C12H26Si.C12H22.C5H6.CH4/c1-5-7-9-11-12-14-16-18-20(22-4)19(21-3)17-15-13-10-8-6-2;1-3-5-7-9-10-11-13-15-17-18(19)16-14-12-8-6-4-2;1-3-5-6-7-8-9-10-11-12-13-4-2;1-2-3-4-5-6-7-8-9-10-11-12-13;1-3-5-7-9-11-12-10-8-6-4-2;1-2-4-5-3-1;/h19-20H,5-18H2,1-4H3;3-17H2,1-2H3;3-13H2,1-2H3;10-11H,2-9,12H2,1,13H3;3,5,7-12H2,1-2H3;1-4H,5H2;1H4. The summed E-state index contributed by atoms with van der Waals surface area (Å²) in [6.45, 7) is 20.1. The van der Waals surface area contributed by atoms with Gasteiger partial charge in [0.2, 0.25) is 0 Å². The lowest BCUT2D eigenvalue weighted by molar-refractivity contribution is -0.119.